The number of hydrogen-bond donors (Lipinski definition) is 2. The molecule has 2 aliphatic carbocycles. The first-order valence-electron chi connectivity index (χ1n) is 7.17. The average molecular weight is 290 g/mol. The molecule has 0 aliphatic heterocycles. The lowest BCUT2D eigenvalue weighted by atomic mass is 9.76. The Bertz CT molecular complexity index is 630. The molecular weight excluding hydrogens is 272 g/mol. The average Bonchev–Trinajstić information content (AvgIpc) is 2.89. The molecule has 2 atom stereocenters. The number of aliphatic hydroxyl groups is 1. The Labute approximate surface area is 122 Å². The summed E-state index contributed by atoms with van der Waals surface area (Å²) in [5, 5.41) is 14.3. The summed E-state index contributed by atoms with van der Waals surface area (Å²) in [5.74, 6) is -0.00801. The van der Waals surface area contributed by atoms with Gasteiger partial charge in [0.2, 0.25) is 0 Å². The maximum Gasteiger partial charge on any atom is 0.265 e. The highest BCUT2D eigenvalue weighted by molar-refractivity contribution is 6.10. The number of aliphatic hydroxyl groups excluding tert-OH is 1. The van der Waals surface area contributed by atoms with E-state index in [1.807, 2.05) is 0 Å². The van der Waals surface area contributed by atoms with Crippen molar-refractivity contribution in [2.24, 2.45) is 11.7 Å². The summed E-state index contributed by atoms with van der Waals surface area (Å²) >= 11 is 0. The topological polar surface area (TPSA) is 98.6 Å². The number of fused-ring (bicyclic) bond motifs is 2. The summed E-state index contributed by atoms with van der Waals surface area (Å²) < 4.78 is 10.8. The number of nitrogens with two attached hydrogens (primary N) is 1. The highest BCUT2D eigenvalue weighted by Crippen LogP contribution is 2.46. The predicted octanol–water partition coefficient (Wildman–Crippen LogP) is 2.28. The van der Waals surface area contributed by atoms with Crippen LogP contribution in [0.25, 0.3) is 5.76 Å². The van der Waals surface area contributed by atoms with Gasteiger partial charge in [0.05, 0.1) is 12.6 Å². The van der Waals surface area contributed by atoms with Crippen LogP contribution >= 0.6 is 0 Å². The third-order valence-electron chi connectivity index (χ3n) is 3.95. The van der Waals surface area contributed by atoms with Gasteiger partial charge in [-0.25, -0.2) is 0 Å². The molecule has 0 unspecified atom stereocenters. The number of aromatic nitrogens is 1. The van der Waals surface area contributed by atoms with Crippen LogP contribution in [0.1, 0.15) is 43.6 Å². The molecule has 6 heteroatoms. The molecule has 0 aromatic carbocycles. The fraction of sp³-hybridized carbons (Fsp3) is 0.467. The maximum absolute atomic E-state index is 12.0. The van der Waals surface area contributed by atoms with Crippen molar-refractivity contribution in [1.82, 2.24) is 5.16 Å². The molecule has 1 aromatic rings. The van der Waals surface area contributed by atoms with Crippen molar-refractivity contribution in [3.63, 3.8) is 0 Å². The van der Waals surface area contributed by atoms with Crippen LogP contribution in [0.2, 0.25) is 0 Å². The summed E-state index contributed by atoms with van der Waals surface area (Å²) in [7, 11) is 0. The molecular formula is C15H18N2O4. The first kappa shape index (κ1) is 13.9. The molecule has 21 heavy (non-hydrogen) atoms. The Morgan fingerprint density at radius 3 is 3.14 bits per heavy atom. The van der Waals surface area contributed by atoms with Gasteiger partial charge in [0.1, 0.15) is 11.3 Å². The van der Waals surface area contributed by atoms with E-state index in [1.54, 1.807) is 6.08 Å². The Morgan fingerprint density at radius 2 is 2.38 bits per heavy atom. The molecule has 0 bridgehead atoms. The van der Waals surface area contributed by atoms with E-state index in [1.165, 1.54) is 6.08 Å². The Kier molecular flexibility index (Phi) is 3.55. The third-order valence-corrected chi connectivity index (χ3v) is 3.95. The van der Waals surface area contributed by atoms with E-state index in [0.717, 1.165) is 12.8 Å². The lowest BCUT2D eigenvalue weighted by Crippen LogP contribution is -2.32. The van der Waals surface area contributed by atoms with Crippen molar-refractivity contribution in [3.8, 4) is 5.88 Å². The minimum absolute atomic E-state index is 0.112. The molecule has 3 N–H and O–H groups in total. The quantitative estimate of drug-likeness (QED) is 0.825. The molecule has 0 saturated carbocycles. The minimum atomic E-state index is -0.504. The van der Waals surface area contributed by atoms with Gasteiger partial charge in [0.25, 0.3) is 5.88 Å². The van der Waals surface area contributed by atoms with Gasteiger partial charge in [-0.15, -0.1) is 0 Å². The second-order valence-corrected chi connectivity index (χ2v) is 5.33. The van der Waals surface area contributed by atoms with Crippen molar-refractivity contribution < 1.29 is 19.2 Å². The Hall–Kier alpha value is -2.08. The van der Waals surface area contributed by atoms with Crippen LogP contribution in [0.5, 0.6) is 5.88 Å². The van der Waals surface area contributed by atoms with E-state index < -0.39 is 6.04 Å². The van der Waals surface area contributed by atoms with Gasteiger partial charge in [0, 0.05) is 11.5 Å². The fourth-order valence-corrected chi connectivity index (χ4v) is 2.79. The molecule has 3 rings (SSSR count). The lowest BCUT2D eigenvalue weighted by Gasteiger charge is -2.30. The monoisotopic (exact) mass is 290 g/mol. The van der Waals surface area contributed by atoms with Crippen LogP contribution in [0.4, 0.5) is 0 Å². The molecule has 112 valence electrons. The second kappa shape index (κ2) is 5.37. The number of rotatable bonds is 4. The van der Waals surface area contributed by atoms with E-state index in [2.05, 4.69) is 12.1 Å². The molecule has 2 aliphatic rings. The molecule has 6 nitrogen and oxygen atoms in total. The summed E-state index contributed by atoms with van der Waals surface area (Å²) in [5.41, 5.74) is 6.83. The van der Waals surface area contributed by atoms with Crippen molar-refractivity contribution in [2.45, 2.75) is 32.2 Å². The first-order chi connectivity index (χ1) is 10.1. The SMILES string of the molecule is CCCCOc1noc2c1C(O)=C1C(=O)C=CC[C@H]1[C@H]2N. The number of ether oxygens (including phenoxy) is 1. The van der Waals surface area contributed by atoms with E-state index in [0.29, 0.717) is 29.9 Å². The minimum Gasteiger partial charge on any atom is -0.507 e. The van der Waals surface area contributed by atoms with Crippen LogP contribution in [0.3, 0.4) is 0 Å². The number of hydrogen-bond acceptors (Lipinski definition) is 6. The number of nitrogens with zero attached hydrogens (tertiary/aromatic N) is 1. The van der Waals surface area contributed by atoms with Gasteiger partial charge in [-0.1, -0.05) is 19.4 Å². The number of carbonyl (C=O) groups excluding carboxylic acids is 1. The van der Waals surface area contributed by atoms with Crippen LogP contribution in [-0.4, -0.2) is 22.7 Å². The second-order valence-electron chi connectivity index (χ2n) is 5.33. The van der Waals surface area contributed by atoms with Crippen LogP contribution in [-0.2, 0) is 4.79 Å². The highest BCUT2D eigenvalue weighted by atomic mass is 16.5. The number of allylic oxidation sites excluding steroid dienone is 2. The molecule has 0 spiro atoms. The lowest BCUT2D eigenvalue weighted by molar-refractivity contribution is -0.112. The zero-order chi connectivity index (χ0) is 15.0. The van der Waals surface area contributed by atoms with Gasteiger partial charge in [-0.2, -0.15) is 0 Å². The van der Waals surface area contributed by atoms with Crippen molar-refractivity contribution >= 4 is 11.5 Å². The van der Waals surface area contributed by atoms with E-state index in [-0.39, 0.29) is 23.3 Å². The number of carbonyl (C=O) groups is 1. The standard InChI is InChI=1S/C15H18N2O4/c1-2-3-7-20-15-11-13(19)10-8(5-4-6-9(10)18)12(16)14(11)21-17-15/h4,6,8,12,19H,2-3,5,7,16H2,1H3/t8-,12-/m1/s1. The predicted molar refractivity (Wildman–Crippen MR) is 75.6 cm³/mol. The summed E-state index contributed by atoms with van der Waals surface area (Å²) in [6.45, 7) is 2.53. The molecule has 0 fully saturated rings. The van der Waals surface area contributed by atoms with Gasteiger partial charge in [-0.05, 0) is 24.1 Å². The van der Waals surface area contributed by atoms with Crippen LogP contribution < -0.4 is 10.5 Å². The maximum atomic E-state index is 12.0. The van der Waals surface area contributed by atoms with Crippen LogP contribution in [0, 0.1) is 5.92 Å². The van der Waals surface area contributed by atoms with E-state index in [4.69, 9.17) is 15.0 Å². The first-order valence-corrected chi connectivity index (χ1v) is 7.17. The molecule has 1 heterocycles. The summed E-state index contributed by atoms with van der Waals surface area (Å²) in [4.78, 5) is 12.0. The number of unbranched alkanes of at least 4 members (excludes halogenated alkanes) is 1. The van der Waals surface area contributed by atoms with Crippen molar-refractivity contribution in [3.05, 3.63) is 29.0 Å². The molecule has 0 saturated heterocycles. The fourth-order valence-electron chi connectivity index (χ4n) is 2.79. The smallest absolute Gasteiger partial charge is 0.265 e. The highest BCUT2D eigenvalue weighted by Gasteiger charge is 2.42. The Morgan fingerprint density at radius 1 is 1.57 bits per heavy atom. The van der Waals surface area contributed by atoms with Crippen molar-refractivity contribution in [1.29, 1.82) is 0 Å². The zero-order valence-corrected chi connectivity index (χ0v) is 11.8. The normalized spacial score (nSPS) is 24.0. The molecule has 1 aromatic heterocycles. The summed E-state index contributed by atoms with van der Waals surface area (Å²) in [6, 6.07) is -0.504. The summed E-state index contributed by atoms with van der Waals surface area (Å²) in [6.07, 6.45) is 5.68. The van der Waals surface area contributed by atoms with Gasteiger partial charge in [0.15, 0.2) is 11.5 Å². The van der Waals surface area contributed by atoms with Gasteiger partial charge < -0.3 is 20.1 Å². The largest absolute Gasteiger partial charge is 0.507 e. The van der Waals surface area contributed by atoms with Gasteiger partial charge >= 0.3 is 0 Å². The Balaban J connectivity index is 2.02. The van der Waals surface area contributed by atoms with Crippen molar-refractivity contribution in [2.75, 3.05) is 6.61 Å². The number of ketones is 1. The molecule has 0 amide bonds. The van der Waals surface area contributed by atoms with Gasteiger partial charge in [-0.3, -0.25) is 4.79 Å². The molecule has 0 radical (unpaired) electrons. The van der Waals surface area contributed by atoms with E-state index >= 15 is 0 Å². The van der Waals surface area contributed by atoms with E-state index in [9.17, 15) is 9.90 Å². The third kappa shape index (κ3) is 2.15. The van der Waals surface area contributed by atoms with Crippen LogP contribution in [0.15, 0.2) is 22.2 Å². The zero-order valence-electron chi connectivity index (χ0n) is 11.8.